The monoisotopic (exact) mass is 216 g/mol. The minimum Gasteiger partial charge on any atom is -0.386 e. The van der Waals surface area contributed by atoms with Gasteiger partial charge in [0.15, 0.2) is 5.78 Å². The van der Waals surface area contributed by atoms with E-state index in [0.29, 0.717) is 0 Å². The number of benzene rings is 1. The average Bonchev–Trinajstić information content (AvgIpc) is 2.09. The Balaban J connectivity index is 2.82. The SMILES string of the molecule is CC(O)C(=O)Cc1ccc(Cl)cc1F. The average molecular weight is 217 g/mol. The third-order valence-corrected chi connectivity index (χ3v) is 2.08. The van der Waals surface area contributed by atoms with Gasteiger partial charge in [-0.3, -0.25) is 4.79 Å². The topological polar surface area (TPSA) is 37.3 Å². The summed E-state index contributed by atoms with van der Waals surface area (Å²) in [6, 6.07) is 4.10. The van der Waals surface area contributed by atoms with Crippen LogP contribution in [0.3, 0.4) is 0 Å². The highest BCUT2D eigenvalue weighted by Crippen LogP contribution is 2.15. The van der Waals surface area contributed by atoms with Crippen molar-refractivity contribution in [2.45, 2.75) is 19.4 Å². The first-order valence-electron chi connectivity index (χ1n) is 4.15. The normalized spacial score (nSPS) is 12.6. The Morgan fingerprint density at radius 2 is 2.29 bits per heavy atom. The minimum absolute atomic E-state index is 0.110. The molecule has 0 aromatic heterocycles. The van der Waals surface area contributed by atoms with Crippen molar-refractivity contribution < 1.29 is 14.3 Å². The molecule has 1 aromatic rings. The van der Waals surface area contributed by atoms with Crippen LogP contribution in [0.2, 0.25) is 5.02 Å². The van der Waals surface area contributed by atoms with Crippen molar-refractivity contribution in [1.82, 2.24) is 0 Å². The van der Waals surface area contributed by atoms with Crippen molar-refractivity contribution in [3.63, 3.8) is 0 Å². The summed E-state index contributed by atoms with van der Waals surface area (Å²) in [5.74, 6) is -0.933. The number of hydrogen-bond donors (Lipinski definition) is 1. The molecule has 0 amide bonds. The first-order chi connectivity index (χ1) is 6.50. The van der Waals surface area contributed by atoms with Crippen molar-refractivity contribution in [1.29, 1.82) is 0 Å². The van der Waals surface area contributed by atoms with Gasteiger partial charge in [0.25, 0.3) is 0 Å². The van der Waals surface area contributed by atoms with E-state index in [1.807, 2.05) is 0 Å². The first-order valence-corrected chi connectivity index (χ1v) is 4.53. The van der Waals surface area contributed by atoms with Gasteiger partial charge in [-0.25, -0.2) is 4.39 Å². The van der Waals surface area contributed by atoms with E-state index in [0.717, 1.165) is 6.07 Å². The van der Waals surface area contributed by atoms with E-state index in [4.69, 9.17) is 16.7 Å². The van der Waals surface area contributed by atoms with Crippen LogP contribution in [0, 0.1) is 5.82 Å². The molecular weight excluding hydrogens is 207 g/mol. The zero-order valence-electron chi connectivity index (χ0n) is 7.63. The zero-order chi connectivity index (χ0) is 10.7. The molecule has 14 heavy (non-hydrogen) atoms. The summed E-state index contributed by atoms with van der Waals surface area (Å²) in [4.78, 5) is 11.1. The van der Waals surface area contributed by atoms with Crippen LogP contribution in [-0.2, 0) is 11.2 Å². The van der Waals surface area contributed by atoms with Crippen LogP contribution in [-0.4, -0.2) is 17.0 Å². The second-order valence-corrected chi connectivity index (χ2v) is 3.49. The molecule has 0 aliphatic rings. The molecule has 2 nitrogen and oxygen atoms in total. The van der Waals surface area contributed by atoms with Crippen molar-refractivity contribution in [3.05, 3.63) is 34.6 Å². The predicted molar refractivity (Wildman–Crippen MR) is 51.8 cm³/mol. The van der Waals surface area contributed by atoms with Crippen molar-refractivity contribution in [2.75, 3.05) is 0 Å². The molecule has 0 aliphatic carbocycles. The molecule has 0 radical (unpaired) electrons. The van der Waals surface area contributed by atoms with E-state index in [2.05, 4.69) is 0 Å². The number of Topliss-reactive ketones (excluding diaryl/α,β-unsaturated/α-hetero) is 1. The van der Waals surface area contributed by atoms with Gasteiger partial charge < -0.3 is 5.11 Å². The summed E-state index contributed by atoms with van der Waals surface area (Å²) in [7, 11) is 0. The van der Waals surface area contributed by atoms with Gasteiger partial charge >= 0.3 is 0 Å². The maximum atomic E-state index is 13.2. The lowest BCUT2D eigenvalue weighted by Crippen LogP contribution is -2.18. The molecule has 1 unspecified atom stereocenters. The fourth-order valence-electron chi connectivity index (χ4n) is 1.00. The van der Waals surface area contributed by atoms with Gasteiger partial charge in [0.05, 0.1) is 0 Å². The van der Waals surface area contributed by atoms with Gasteiger partial charge in [-0.1, -0.05) is 17.7 Å². The van der Waals surface area contributed by atoms with E-state index < -0.39 is 17.7 Å². The molecule has 0 spiro atoms. The summed E-state index contributed by atoms with van der Waals surface area (Å²) < 4.78 is 13.2. The second-order valence-electron chi connectivity index (χ2n) is 3.05. The lowest BCUT2D eigenvalue weighted by atomic mass is 10.1. The molecule has 0 saturated heterocycles. The Labute approximate surface area is 86.3 Å². The van der Waals surface area contributed by atoms with Crippen LogP contribution in [0.25, 0.3) is 0 Å². The molecule has 1 N–H and O–H groups in total. The minimum atomic E-state index is -1.06. The number of ketones is 1. The maximum Gasteiger partial charge on any atom is 0.165 e. The Bertz CT molecular complexity index is 350. The highest BCUT2D eigenvalue weighted by molar-refractivity contribution is 6.30. The molecule has 1 atom stereocenters. The Morgan fingerprint density at radius 1 is 1.64 bits per heavy atom. The van der Waals surface area contributed by atoms with Crippen LogP contribution in [0.5, 0.6) is 0 Å². The predicted octanol–water partition coefficient (Wildman–Crippen LogP) is 1.97. The molecule has 1 rings (SSSR count). The number of aliphatic hydroxyl groups is 1. The van der Waals surface area contributed by atoms with Crippen LogP contribution < -0.4 is 0 Å². The molecule has 0 heterocycles. The van der Waals surface area contributed by atoms with Gasteiger partial charge in [-0.2, -0.15) is 0 Å². The number of hydrogen-bond acceptors (Lipinski definition) is 2. The number of rotatable bonds is 3. The van der Waals surface area contributed by atoms with Crippen molar-refractivity contribution in [3.8, 4) is 0 Å². The Hall–Kier alpha value is -0.930. The summed E-state index contributed by atoms with van der Waals surface area (Å²) in [5, 5.41) is 9.22. The molecule has 76 valence electrons. The van der Waals surface area contributed by atoms with Crippen molar-refractivity contribution in [2.24, 2.45) is 0 Å². The van der Waals surface area contributed by atoms with Crippen LogP contribution in [0.4, 0.5) is 4.39 Å². The van der Waals surface area contributed by atoms with E-state index in [9.17, 15) is 9.18 Å². The summed E-state index contributed by atoms with van der Waals surface area (Å²) in [5.41, 5.74) is 0.250. The molecular formula is C10H10ClFO2. The number of carbonyl (C=O) groups is 1. The summed E-state index contributed by atoms with van der Waals surface area (Å²) in [6.07, 6.45) is -1.18. The van der Waals surface area contributed by atoms with E-state index in [1.54, 1.807) is 0 Å². The first kappa shape index (κ1) is 11.1. The molecule has 4 heteroatoms. The number of aliphatic hydroxyl groups excluding tert-OH is 1. The van der Waals surface area contributed by atoms with Crippen LogP contribution >= 0.6 is 11.6 Å². The van der Waals surface area contributed by atoms with Gasteiger partial charge in [-0.15, -0.1) is 0 Å². The van der Waals surface area contributed by atoms with Crippen LogP contribution in [0.1, 0.15) is 12.5 Å². The Kier molecular flexibility index (Phi) is 3.61. The lowest BCUT2D eigenvalue weighted by molar-refractivity contribution is -0.125. The highest BCUT2D eigenvalue weighted by atomic mass is 35.5. The summed E-state index contributed by atoms with van der Waals surface area (Å²) >= 11 is 5.54. The van der Waals surface area contributed by atoms with Gasteiger partial charge in [0.2, 0.25) is 0 Å². The third-order valence-electron chi connectivity index (χ3n) is 1.85. The molecule has 1 aromatic carbocycles. The fraction of sp³-hybridized carbons (Fsp3) is 0.300. The molecule has 0 saturated carbocycles. The van der Waals surface area contributed by atoms with E-state index in [-0.39, 0.29) is 17.0 Å². The maximum absolute atomic E-state index is 13.2. The smallest absolute Gasteiger partial charge is 0.165 e. The van der Waals surface area contributed by atoms with Crippen molar-refractivity contribution >= 4 is 17.4 Å². The molecule has 0 aliphatic heterocycles. The summed E-state index contributed by atoms with van der Waals surface area (Å²) in [6.45, 7) is 1.36. The quantitative estimate of drug-likeness (QED) is 0.839. The van der Waals surface area contributed by atoms with E-state index in [1.165, 1.54) is 19.1 Å². The van der Waals surface area contributed by atoms with Gasteiger partial charge in [-0.05, 0) is 24.6 Å². The highest BCUT2D eigenvalue weighted by Gasteiger charge is 2.12. The Morgan fingerprint density at radius 3 is 2.79 bits per heavy atom. The zero-order valence-corrected chi connectivity index (χ0v) is 8.38. The number of carbonyl (C=O) groups excluding carboxylic acids is 1. The fourth-order valence-corrected chi connectivity index (χ4v) is 1.16. The molecule has 0 fully saturated rings. The largest absolute Gasteiger partial charge is 0.386 e. The van der Waals surface area contributed by atoms with E-state index >= 15 is 0 Å². The third kappa shape index (κ3) is 2.79. The van der Waals surface area contributed by atoms with Crippen LogP contribution in [0.15, 0.2) is 18.2 Å². The lowest BCUT2D eigenvalue weighted by Gasteiger charge is -2.04. The molecule has 0 bridgehead atoms. The van der Waals surface area contributed by atoms with Gasteiger partial charge in [0, 0.05) is 11.4 Å². The van der Waals surface area contributed by atoms with Gasteiger partial charge in [0.1, 0.15) is 11.9 Å². The second kappa shape index (κ2) is 4.53. The standard InChI is InChI=1S/C10H10ClFO2/c1-6(13)10(14)4-7-2-3-8(11)5-9(7)12/h2-3,5-6,13H,4H2,1H3. The number of halogens is 2.